The molecular formula is C24H18N4O3. The van der Waals surface area contributed by atoms with E-state index < -0.39 is 5.97 Å². The number of amides is 1. The fourth-order valence-electron chi connectivity index (χ4n) is 3.74. The molecule has 0 aliphatic carbocycles. The zero-order chi connectivity index (χ0) is 21.4. The van der Waals surface area contributed by atoms with Gasteiger partial charge in [-0.05, 0) is 42.5 Å². The Balaban J connectivity index is 1.44. The molecule has 2 aromatic heterocycles. The number of fused-ring (bicyclic) bond motifs is 4. The lowest BCUT2D eigenvalue weighted by Gasteiger charge is -2.08. The van der Waals surface area contributed by atoms with Crippen LogP contribution < -0.4 is 5.32 Å². The van der Waals surface area contributed by atoms with Crippen LogP contribution in [0.15, 0.2) is 72.8 Å². The summed E-state index contributed by atoms with van der Waals surface area (Å²) < 4.78 is 2.03. The van der Waals surface area contributed by atoms with Gasteiger partial charge < -0.3 is 15.0 Å². The zero-order valence-corrected chi connectivity index (χ0v) is 16.4. The molecule has 1 amide bonds. The molecule has 0 bridgehead atoms. The van der Waals surface area contributed by atoms with Crippen LogP contribution in [0, 0.1) is 0 Å². The fourth-order valence-corrected chi connectivity index (χ4v) is 3.74. The number of carbonyl (C=O) groups is 2. The summed E-state index contributed by atoms with van der Waals surface area (Å²) in [5, 5.41) is 12.8. The Hall–Kier alpha value is -4.26. The molecule has 3 aromatic carbocycles. The smallest absolute Gasteiger partial charge is 0.335 e. The van der Waals surface area contributed by atoms with Crippen molar-refractivity contribution in [2.75, 3.05) is 5.32 Å². The van der Waals surface area contributed by atoms with Gasteiger partial charge in [-0.3, -0.25) is 4.79 Å². The second-order valence-corrected chi connectivity index (χ2v) is 7.23. The maximum Gasteiger partial charge on any atom is 0.335 e. The molecule has 5 aromatic rings. The average Bonchev–Trinajstić information content (AvgIpc) is 3.09. The molecule has 0 aliphatic rings. The molecule has 5 rings (SSSR count). The highest BCUT2D eigenvalue weighted by Gasteiger charge is 2.15. The Kier molecular flexibility index (Phi) is 4.55. The number of aromatic nitrogens is 3. The number of aryl methyl sites for hydroxylation is 1. The summed E-state index contributed by atoms with van der Waals surface area (Å²) in [5.41, 5.74) is 4.92. The van der Waals surface area contributed by atoms with Gasteiger partial charge in [-0.1, -0.05) is 30.3 Å². The predicted molar refractivity (Wildman–Crippen MR) is 119 cm³/mol. The van der Waals surface area contributed by atoms with E-state index in [1.807, 2.05) is 53.1 Å². The molecule has 0 fully saturated rings. The third kappa shape index (κ3) is 3.46. The van der Waals surface area contributed by atoms with Crippen molar-refractivity contribution < 1.29 is 14.7 Å². The molecule has 0 saturated carbocycles. The van der Waals surface area contributed by atoms with Gasteiger partial charge in [-0.15, -0.1) is 0 Å². The Morgan fingerprint density at radius 2 is 1.55 bits per heavy atom. The van der Waals surface area contributed by atoms with Crippen LogP contribution in [-0.2, 0) is 11.3 Å². The van der Waals surface area contributed by atoms with Crippen LogP contribution in [0.3, 0.4) is 0 Å². The van der Waals surface area contributed by atoms with Crippen LogP contribution in [0.4, 0.5) is 5.69 Å². The van der Waals surface area contributed by atoms with Crippen LogP contribution in [0.1, 0.15) is 16.8 Å². The summed E-state index contributed by atoms with van der Waals surface area (Å²) in [6, 6.07) is 21.8. The first-order valence-electron chi connectivity index (χ1n) is 9.87. The topological polar surface area (TPSA) is 97.1 Å². The lowest BCUT2D eigenvalue weighted by Crippen LogP contribution is -2.14. The number of carboxylic acids is 1. The minimum atomic E-state index is -1.00. The largest absolute Gasteiger partial charge is 0.478 e. The molecule has 7 heteroatoms. The van der Waals surface area contributed by atoms with Gasteiger partial charge in [0.1, 0.15) is 5.52 Å². The number of anilines is 1. The first-order valence-corrected chi connectivity index (χ1v) is 9.87. The van der Waals surface area contributed by atoms with Crippen LogP contribution >= 0.6 is 0 Å². The van der Waals surface area contributed by atoms with Crippen LogP contribution in [0.2, 0.25) is 0 Å². The van der Waals surface area contributed by atoms with E-state index in [4.69, 9.17) is 15.1 Å². The van der Waals surface area contributed by atoms with Gasteiger partial charge in [0.2, 0.25) is 5.91 Å². The third-order valence-corrected chi connectivity index (χ3v) is 5.24. The van der Waals surface area contributed by atoms with Gasteiger partial charge in [0.05, 0.1) is 22.1 Å². The number of rotatable bonds is 5. The maximum absolute atomic E-state index is 12.5. The monoisotopic (exact) mass is 410 g/mol. The van der Waals surface area contributed by atoms with Gasteiger partial charge in [0.25, 0.3) is 0 Å². The fraction of sp³-hybridized carbons (Fsp3) is 0.0833. The second kappa shape index (κ2) is 7.53. The van der Waals surface area contributed by atoms with Crippen molar-refractivity contribution >= 4 is 50.7 Å². The molecule has 0 radical (unpaired) electrons. The molecule has 0 spiro atoms. The predicted octanol–water partition coefficient (Wildman–Crippen LogP) is 4.46. The van der Waals surface area contributed by atoms with E-state index >= 15 is 0 Å². The molecule has 0 atom stereocenters. The number of carboxylic acid groups (broad SMARTS) is 1. The normalized spacial score (nSPS) is 11.2. The number of hydrogen-bond acceptors (Lipinski definition) is 4. The highest BCUT2D eigenvalue weighted by atomic mass is 16.4. The number of carbonyl (C=O) groups excluding carboxylic acids is 1. The van der Waals surface area contributed by atoms with Crippen molar-refractivity contribution in [2.24, 2.45) is 0 Å². The minimum Gasteiger partial charge on any atom is -0.478 e. The number of nitrogens with zero attached hydrogens (tertiary/aromatic N) is 3. The molecule has 2 heterocycles. The number of nitrogens with one attached hydrogen (secondary N) is 1. The third-order valence-electron chi connectivity index (χ3n) is 5.24. The van der Waals surface area contributed by atoms with E-state index in [1.165, 1.54) is 12.1 Å². The Morgan fingerprint density at radius 3 is 2.29 bits per heavy atom. The molecule has 0 unspecified atom stereocenters. The average molecular weight is 410 g/mol. The van der Waals surface area contributed by atoms with Crippen molar-refractivity contribution in [2.45, 2.75) is 13.0 Å². The molecule has 0 saturated heterocycles. The SMILES string of the molecule is O=C(CCn1c2ccccc2c2nc3ccccc3nc21)Nc1ccc(C(=O)O)cc1. The van der Waals surface area contributed by atoms with Crippen LogP contribution in [0.25, 0.3) is 33.1 Å². The van der Waals surface area contributed by atoms with Gasteiger partial charge in [-0.25, -0.2) is 14.8 Å². The number of para-hydroxylation sites is 3. The van der Waals surface area contributed by atoms with E-state index in [1.54, 1.807) is 12.1 Å². The van der Waals surface area contributed by atoms with Gasteiger partial charge in [-0.2, -0.15) is 0 Å². The molecule has 7 nitrogen and oxygen atoms in total. The first-order chi connectivity index (χ1) is 15.1. The molecule has 31 heavy (non-hydrogen) atoms. The standard InChI is InChI=1S/C24H18N4O3/c29-21(25-16-11-9-15(10-12-16)24(30)31)13-14-28-20-8-4-1-5-17(20)22-23(28)27-19-7-3-2-6-18(19)26-22/h1-12H,13-14H2,(H,25,29)(H,30,31). The van der Waals surface area contributed by atoms with E-state index in [2.05, 4.69) is 5.32 Å². The number of aromatic carboxylic acids is 1. The summed E-state index contributed by atoms with van der Waals surface area (Å²) in [6.07, 6.45) is 0.239. The summed E-state index contributed by atoms with van der Waals surface area (Å²) in [6.45, 7) is 0.441. The Morgan fingerprint density at radius 1 is 0.871 bits per heavy atom. The minimum absolute atomic E-state index is 0.164. The van der Waals surface area contributed by atoms with Crippen molar-refractivity contribution in [1.82, 2.24) is 14.5 Å². The molecular weight excluding hydrogens is 392 g/mol. The maximum atomic E-state index is 12.5. The van der Waals surface area contributed by atoms with E-state index in [0.717, 1.165) is 33.1 Å². The van der Waals surface area contributed by atoms with Crippen molar-refractivity contribution in [1.29, 1.82) is 0 Å². The lowest BCUT2D eigenvalue weighted by molar-refractivity contribution is -0.116. The summed E-state index contributed by atoms with van der Waals surface area (Å²) in [5.74, 6) is -1.17. The molecule has 152 valence electrons. The van der Waals surface area contributed by atoms with Crippen molar-refractivity contribution in [3.63, 3.8) is 0 Å². The van der Waals surface area contributed by atoms with Gasteiger partial charge >= 0.3 is 5.97 Å². The molecule has 0 aliphatic heterocycles. The van der Waals surface area contributed by atoms with Gasteiger partial charge in [0.15, 0.2) is 5.65 Å². The van der Waals surface area contributed by atoms with Gasteiger partial charge in [0, 0.05) is 24.0 Å². The Labute approximate surface area is 177 Å². The lowest BCUT2D eigenvalue weighted by atomic mass is 10.2. The van der Waals surface area contributed by atoms with Crippen LogP contribution in [0.5, 0.6) is 0 Å². The second-order valence-electron chi connectivity index (χ2n) is 7.23. The van der Waals surface area contributed by atoms with E-state index in [-0.39, 0.29) is 17.9 Å². The van der Waals surface area contributed by atoms with Crippen LogP contribution in [-0.4, -0.2) is 31.5 Å². The highest BCUT2D eigenvalue weighted by Crippen LogP contribution is 2.28. The summed E-state index contributed by atoms with van der Waals surface area (Å²) >= 11 is 0. The number of hydrogen-bond donors (Lipinski definition) is 2. The zero-order valence-electron chi connectivity index (χ0n) is 16.4. The quantitative estimate of drug-likeness (QED) is 0.446. The highest BCUT2D eigenvalue weighted by molar-refractivity contribution is 6.06. The van der Waals surface area contributed by atoms with E-state index in [9.17, 15) is 9.59 Å². The number of benzene rings is 3. The summed E-state index contributed by atoms with van der Waals surface area (Å²) in [7, 11) is 0. The Bertz CT molecular complexity index is 1460. The summed E-state index contributed by atoms with van der Waals surface area (Å²) in [4.78, 5) is 33.1. The molecule has 2 N–H and O–H groups in total. The van der Waals surface area contributed by atoms with E-state index in [0.29, 0.717) is 12.2 Å². The van der Waals surface area contributed by atoms with Crippen molar-refractivity contribution in [3.05, 3.63) is 78.4 Å². The first kappa shape index (κ1) is 18.7. The van der Waals surface area contributed by atoms with Crippen molar-refractivity contribution in [3.8, 4) is 0 Å².